The topological polar surface area (TPSA) is 57.6 Å². The van der Waals surface area contributed by atoms with Crippen molar-refractivity contribution < 1.29 is 14.7 Å². The molecular weight excluding hydrogens is 398 g/mol. The van der Waals surface area contributed by atoms with E-state index in [1.807, 2.05) is 75.3 Å². The molecule has 0 saturated heterocycles. The minimum absolute atomic E-state index is 0.0366. The molecule has 2 unspecified atom stereocenters. The van der Waals surface area contributed by atoms with Crippen LogP contribution in [0.5, 0.6) is 0 Å². The normalized spacial score (nSPS) is 18.3. The Balaban J connectivity index is 2.14. The summed E-state index contributed by atoms with van der Waals surface area (Å²) in [5, 5.41) is 11.8. The molecule has 4 heteroatoms. The number of aryl methyl sites for hydroxylation is 1. The molecule has 0 bridgehead atoms. The fraction of sp³-hybridized carbons (Fsp3) is 0.214. The van der Waals surface area contributed by atoms with Crippen LogP contribution in [-0.4, -0.2) is 31.0 Å². The fourth-order valence-electron chi connectivity index (χ4n) is 4.43. The lowest BCUT2D eigenvalue weighted by Crippen LogP contribution is -2.19. The van der Waals surface area contributed by atoms with Crippen molar-refractivity contribution in [1.82, 2.24) is 0 Å². The van der Waals surface area contributed by atoms with Gasteiger partial charge in [-0.2, -0.15) is 0 Å². The molecule has 0 amide bonds. The zero-order valence-electron chi connectivity index (χ0n) is 18.8. The standard InChI is InChI=1S/C28H27NO3/c1-16-10-12-20(17(2)14-16)26(21-8-6-7-9-23(21)28(31)32)22-13-11-19(29(4)5)15-24(22)25-18(3)27(25)30/h6-15,18,25H,1H2,2-5H3,(H,31,32)/b26-20-. The molecule has 3 aromatic rings. The molecule has 0 radical (unpaired) electrons. The largest absolute Gasteiger partial charge is 0.478 e. The number of carboxylic acid groups (broad SMARTS) is 1. The number of carbonyl (C=O) groups excluding carboxylic acids is 1. The number of benzene rings is 3. The second-order valence-electron chi connectivity index (χ2n) is 8.71. The molecule has 1 aliphatic carbocycles. The summed E-state index contributed by atoms with van der Waals surface area (Å²) < 4.78 is 0. The third-order valence-corrected chi connectivity index (χ3v) is 6.29. The van der Waals surface area contributed by atoms with Crippen LogP contribution in [0.25, 0.3) is 12.2 Å². The van der Waals surface area contributed by atoms with Crippen molar-refractivity contribution in [2.75, 3.05) is 19.0 Å². The minimum Gasteiger partial charge on any atom is -0.478 e. The van der Waals surface area contributed by atoms with Crippen molar-refractivity contribution in [2.24, 2.45) is 5.92 Å². The highest BCUT2D eigenvalue weighted by Gasteiger charge is 2.47. The Bertz CT molecular complexity index is 1350. The smallest absolute Gasteiger partial charge is 0.336 e. The zero-order chi connectivity index (χ0) is 23.2. The van der Waals surface area contributed by atoms with Crippen LogP contribution in [0, 0.1) is 12.8 Å². The lowest BCUT2D eigenvalue weighted by molar-refractivity contribution is -0.111. The average Bonchev–Trinajstić information content (AvgIpc) is 3.35. The summed E-state index contributed by atoms with van der Waals surface area (Å²) in [4.78, 5) is 26.6. The van der Waals surface area contributed by atoms with Gasteiger partial charge < -0.3 is 10.0 Å². The minimum atomic E-state index is -0.980. The van der Waals surface area contributed by atoms with Gasteiger partial charge in [-0.25, -0.2) is 4.79 Å². The number of ketones is 1. The van der Waals surface area contributed by atoms with E-state index in [0.29, 0.717) is 5.56 Å². The number of aromatic carboxylic acids is 1. The van der Waals surface area contributed by atoms with Gasteiger partial charge in [-0.05, 0) is 63.4 Å². The highest BCUT2D eigenvalue weighted by Crippen LogP contribution is 2.46. The first kappa shape index (κ1) is 21.6. The highest BCUT2D eigenvalue weighted by atomic mass is 16.4. The molecule has 0 aromatic heterocycles. The third-order valence-electron chi connectivity index (χ3n) is 6.29. The van der Waals surface area contributed by atoms with Gasteiger partial charge in [0.25, 0.3) is 0 Å². The van der Waals surface area contributed by atoms with Crippen LogP contribution in [0.2, 0.25) is 0 Å². The van der Waals surface area contributed by atoms with Gasteiger partial charge in [0.1, 0.15) is 5.78 Å². The SMILES string of the molecule is C=c1cc/c(=C(\c2ccccc2C(=O)O)c2ccc(N(C)C)cc2C2C(=O)C2C)c(C)c1. The molecule has 0 aliphatic heterocycles. The van der Waals surface area contributed by atoms with Crippen molar-refractivity contribution in [3.8, 4) is 0 Å². The van der Waals surface area contributed by atoms with E-state index in [1.54, 1.807) is 12.1 Å². The van der Waals surface area contributed by atoms with Gasteiger partial charge in [-0.3, -0.25) is 4.79 Å². The molecule has 32 heavy (non-hydrogen) atoms. The number of rotatable bonds is 5. The molecular formula is C28H27NO3. The lowest BCUT2D eigenvalue weighted by atomic mass is 9.86. The molecule has 3 aromatic carbocycles. The van der Waals surface area contributed by atoms with E-state index >= 15 is 0 Å². The van der Waals surface area contributed by atoms with E-state index in [9.17, 15) is 14.7 Å². The summed E-state index contributed by atoms with van der Waals surface area (Å²) in [6, 6.07) is 19.1. The van der Waals surface area contributed by atoms with Crippen LogP contribution >= 0.6 is 0 Å². The lowest BCUT2D eigenvalue weighted by Gasteiger charge is -2.20. The molecule has 4 rings (SSSR count). The van der Waals surface area contributed by atoms with Gasteiger partial charge in [0, 0.05) is 25.7 Å². The van der Waals surface area contributed by atoms with Crippen molar-refractivity contribution in [1.29, 1.82) is 0 Å². The maximum Gasteiger partial charge on any atom is 0.336 e. The quantitative estimate of drug-likeness (QED) is 0.677. The van der Waals surface area contributed by atoms with E-state index in [0.717, 1.165) is 38.4 Å². The second-order valence-corrected chi connectivity index (χ2v) is 8.71. The summed E-state index contributed by atoms with van der Waals surface area (Å²) in [6.07, 6.45) is 0. The number of anilines is 1. The molecule has 2 atom stereocenters. The van der Waals surface area contributed by atoms with E-state index in [4.69, 9.17) is 0 Å². The third kappa shape index (κ3) is 3.73. The molecule has 162 valence electrons. The average molecular weight is 426 g/mol. The van der Waals surface area contributed by atoms with Gasteiger partial charge in [0.15, 0.2) is 0 Å². The molecule has 0 spiro atoms. The van der Waals surface area contributed by atoms with E-state index in [1.165, 1.54) is 0 Å². The van der Waals surface area contributed by atoms with Gasteiger partial charge in [-0.15, -0.1) is 0 Å². The Morgan fingerprint density at radius 2 is 1.62 bits per heavy atom. The molecule has 1 aliphatic rings. The summed E-state index contributed by atoms with van der Waals surface area (Å²) in [7, 11) is 3.94. The van der Waals surface area contributed by atoms with Crippen molar-refractivity contribution in [3.63, 3.8) is 0 Å². The first-order chi connectivity index (χ1) is 15.2. The summed E-state index contributed by atoms with van der Waals surface area (Å²) in [5.41, 5.74) is 5.55. The first-order valence-electron chi connectivity index (χ1n) is 10.7. The molecule has 1 N–H and O–H groups in total. The molecule has 0 heterocycles. The van der Waals surface area contributed by atoms with E-state index in [-0.39, 0.29) is 23.2 Å². The van der Waals surface area contributed by atoms with Crippen molar-refractivity contribution >= 4 is 29.6 Å². The van der Waals surface area contributed by atoms with Crippen LogP contribution in [0.4, 0.5) is 5.69 Å². The summed E-state index contributed by atoms with van der Waals surface area (Å²) >= 11 is 0. The monoisotopic (exact) mass is 425 g/mol. The number of nitrogens with zero attached hydrogens (tertiary/aromatic N) is 1. The highest BCUT2D eigenvalue weighted by molar-refractivity contribution is 6.06. The zero-order valence-corrected chi connectivity index (χ0v) is 18.8. The Morgan fingerprint density at radius 1 is 0.969 bits per heavy atom. The van der Waals surface area contributed by atoms with Crippen LogP contribution in [0.15, 0.2) is 60.7 Å². The van der Waals surface area contributed by atoms with Crippen LogP contribution in [-0.2, 0) is 4.79 Å². The maximum atomic E-state index is 12.5. The van der Waals surface area contributed by atoms with E-state index < -0.39 is 5.97 Å². The second kappa shape index (κ2) is 8.12. The maximum absolute atomic E-state index is 12.5. The summed E-state index contributed by atoms with van der Waals surface area (Å²) in [5.74, 6) is -0.973. The Labute approximate surface area is 188 Å². The van der Waals surface area contributed by atoms with Crippen molar-refractivity contribution in [2.45, 2.75) is 19.8 Å². The predicted molar refractivity (Wildman–Crippen MR) is 129 cm³/mol. The van der Waals surface area contributed by atoms with Crippen LogP contribution in [0.3, 0.4) is 0 Å². The fourth-order valence-corrected chi connectivity index (χ4v) is 4.43. The Hall–Kier alpha value is -3.66. The van der Waals surface area contributed by atoms with Crippen molar-refractivity contribution in [3.05, 3.63) is 98.9 Å². The Morgan fingerprint density at radius 3 is 2.19 bits per heavy atom. The van der Waals surface area contributed by atoms with E-state index in [2.05, 4.69) is 12.6 Å². The van der Waals surface area contributed by atoms with Crippen LogP contribution < -0.4 is 15.3 Å². The molecule has 4 nitrogen and oxygen atoms in total. The van der Waals surface area contributed by atoms with Gasteiger partial charge in [0.05, 0.1) is 11.5 Å². The number of carboxylic acids is 1. The van der Waals surface area contributed by atoms with Gasteiger partial charge >= 0.3 is 5.97 Å². The predicted octanol–water partition coefficient (Wildman–Crippen LogP) is 3.72. The Kier molecular flexibility index (Phi) is 5.47. The number of hydrogen-bond donors (Lipinski definition) is 1. The first-order valence-corrected chi connectivity index (χ1v) is 10.7. The summed E-state index contributed by atoms with van der Waals surface area (Å²) in [6.45, 7) is 7.98. The van der Waals surface area contributed by atoms with Crippen LogP contribution in [0.1, 0.15) is 45.5 Å². The number of carbonyl (C=O) groups is 2. The molecule has 1 fully saturated rings. The number of hydrogen-bond acceptors (Lipinski definition) is 3. The van der Waals surface area contributed by atoms with Gasteiger partial charge in [0.2, 0.25) is 0 Å². The van der Waals surface area contributed by atoms with Gasteiger partial charge in [-0.1, -0.05) is 56.0 Å². The molecule has 1 saturated carbocycles. The number of Topliss-reactive ketones (excluding diaryl/α,β-unsaturated/α-hetero) is 1.